The van der Waals surface area contributed by atoms with Gasteiger partial charge in [0.25, 0.3) is 0 Å². The van der Waals surface area contributed by atoms with Crippen LogP contribution in [0.15, 0.2) is 72.3 Å². The number of carboxylic acid groups (broad SMARTS) is 1. The first kappa shape index (κ1) is 20.6. The molecular weight excluding hydrogens is 338 g/mol. The lowest BCUT2D eigenvalue weighted by Crippen LogP contribution is -2.35. The van der Waals surface area contributed by atoms with Gasteiger partial charge < -0.3 is 9.90 Å². The van der Waals surface area contributed by atoms with Crippen molar-refractivity contribution in [2.45, 2.75) is 45.3 Å². The number of hydrogen-bond donors (Lipinski definition) is 1. The minimum Gasteiger partial charge on any atom is -0.478 e. The summed E-state index contributed by atoms with van der Waals surface area (Å²) in [7, 11) is 0. The lowest BCUT2D eigenvalue weighted by Gasteiger charge is -2.28. The second-order valence-corrected chi connectivity index (χ2v) is 6.55. The van der Waals surface area contributed by atoms with Crippen LogP contribution in [0.25, 0.3) is 0 Å². The number of rotatable bonds is 11. The number of carbonyl (C=O) groups is 2. The Morgan fingerprint density at radius 1 is 1.00 bits per heavy atom. The molecule has 0 radical (unpaired) electrons. The minimum absolute atomic E-state index is 0.270. The molecule has 0 amide bonds. The van der Waals surface area contributed by atoms with Crippen LogP contribution in [0.5, 0.6) is 0 Å². The highest BCUT2D eigenvalue weighted by molar-refractivity contribution is 5.86. The molecule has 2 rings (SSSR count). The van der Waals surface area contributed by atoms with Crippen molar-refractivity contribution in [3.8, 4) is 0 Å². The maximum absolute atomic E-state index is 11.8. The molecule has 4 nitrogen and oxygen atoms in total. The average Bonchev–Trinajstić information content (AvgIpc) is 2.69. The summed E-state index contributed by atoms with van der Waals surface area (Å²) in [6.07, 6.45) is 4.37. The Hall–Kier alpha value is -2.72. The molecule has 1 atom stereocenters. The summed E-state index contributed by atoms with van der Waals surface area (Å²) >= 11 is 0. The fourth-order valence-corrected chi connectivity index (χ4v) is 3.07. The molecule has 0 fully saturated rings. The second-order valence-electron chi connectivity index (χ2n) is 6.55. The molecule has 0 unspecified atom stereocenters. The van der Waals surface area contributed by atoms with E-state index in [1.54, 1.807) is 6.08 Å². The van der Waals surface area contributed by atoms with Crippen LogP contribution < -0.4 is 0 Å². The summed E-state index contributed by atoms with van der Waals surface area (Å²) < 4.78 is 0. The van der Waals surface area contributed by atoms with Crippen molar-refractivity contribution in [1.82, 2.24) is 4.90 Å². The van der Waals surface area contributed by atoms with E-state index in [1.165, 1.54) is 0 Å². The van der Waals surface area contributed by atoms with Gasteiger partial charge >= 0.3 is 5.97 Å². The highest BCUT2D eigenvalue weighted by Gasteiger charge is 2.18. The third-order valence-electron chi connectivity index (χ3n) is 4.59. The molecule has 2 aromatic carbocycles. The minimum atomic E-state index is -0.884. The van der Waals surface area contributed by atoms with Crippen molar-refractivity contribution in [3.05, 3.63) is 83.4 Å². The number of carbonyl (C=O) groups excluding carboxylic acids is 1. The van der Waals surface area contributed by atoms with E-state index >= 15 is 0 Å². The van der Waals surface area contributed by atoms with Gasteiger partial charge in [-0.3, -0.25) is 4.90 Å². The van der Waals surface area contributed by atoms with Gasteiger partial charge in [0.2, 0.25) is 0 Å². The quantitative estimate of drug-likeness (QED) is 0.472. The predicted octanol–water partition coefficient (Wildman–Crippen LogP) is 4.46. The summed E-state index contributed by atoms with van der Waals surface area (Å²) in [5, 5.41) is 9.15. The maximum atomic E-state index is 11.8. The van der Waals surface area contributed by atoms with Crippen LogP contribution in [-0.4, -0.2) is 28.3 Å². The molecule has 0 aliphatic rings. The largest absolute Gasteiger partial charge is 0.478 e. The van der Waals surface area contributed by atoms with E-state index in [0.717, 1.165) is 17.4 Å². The number of hydrogen-bond acceptors (Lipinski definition) is 3. The van der Waals surface area contributed by atoms with Gasteiger partial charge in [-0.15, -0.1) is 0 Å². The number of aliphatic carboxylic acids is 1. The third-order valence-corrected chi connectivity index (χ3v) is 4.59. The second kappa shape index (κ2) is 11.1. The Morgan fingerprint density at radius 3 is 1.93 bits per heavy atom. The summed E-state index contributed by atoms with van der Waals surface area (Å²) in [5.41, 5.74) is 2.70. The van der Waals surface area contributed by atoms with Gasteiger partial charge in [0.05, 0.1) is 6.04 Å². The van der Waals surface area contributed by atoms with Crippen molar-refractivity contribution >= 4 is 12.3 Å². The van der Waals surface area contributed by atoms with E-state index in [2.05, 4.69) is 29.2 Å². The van der Waals surface area contributed by atoms with Crippen molar-refractivity contribution in [1.29, 1.82) is 0 Å². The standard InChI is InChI=1S/C23H27NO3/c1-2-21(23(26)27)14-9-15-22(18-25)24(16-19-10-5-3-6-11-19)17-20-12-7-4-8-13-20/h3-8,10-14,18,22H,2,9,15-17H2,1H3,(H,26,27)/t22-/m1/s1. The smallest absolute Gasteiger partial charge is 0.331 e. The number of nitrogens with zero attached hydrogens (tertiary/aromatic N) is 1. The van der Waals surface area contributed by atoms with Gasteiger partial charge in [-0.1, -0.05) is 73.7 Å². The third kappa shape index (κ3) is 6.83. The fourth-order valence-electron chi connectivity index (χ4n) is 3.07. The van der Waals surface area contributed by atoms with Crippen molar-refractivity contribution in [2.24, 2.45) is 0 Å². The molecule has 1 N–H and O–H groups in total. The van der Waals surface area contributed by atoms with E-state index in [9.17, 15) is 9.59 Å². The molecule has 2 aromatic rings. The first-order valence-electron chi connectivity index (χ1n) is 9.33. The molecule has 142 valence electrons. The van der Waals surface area contributed by atoms with Crippen molar-refractivity contribution in [3.63, 3.8) is 0 Å². The van der Waals surface area contributed by atoms with Gasteiger partial charge in [-0.2, -0.15) is 0 Å². The van der Waals surface area contributed by atoms with E-state index in [0.29, 0.717) is 37.9 Å². The predicted molar refractivity (Wildman–Crippen MR) is 107 cm³/mol. The fraction of sp³-hybridized carbons (Fsp3) is 0.304. The molecule has 0 aliphatic carbocycles. The summed E-state index contributed by atoms with van der Waals surface area (Å²) in [6, 6.07) is 19.9. The van der Waals surface area contributed by atoms with Crippen LogP contribution >= 0.6 is 0 Å². The Kier molecular flexibility index (Phi) is 8.46. The highest BCUT2D eigenvalue weighted by atomic mass is 16.4. The van der Waals surface area contributed by atoms with Crippen LogP contribution in [0, 0.1) is 0 Å². The van der Waals surface area contributed by atoms with E-state index in [1.807, 2.05) is 43.3 Å². The van der Waals surface area contributed by atoms with Crippen LogP contribution in [0.1, 0.15) is 37.3 Å². The zero-order chi connectivity index (χ0) is 19.5. The normalized spacial score (nSPS) is 12.7. The van der Waals surface area contributed by atoms with Gasteiger partial charge in [0, 0.05) is 18.7 Å². The van der Waals surface area contributed by atoms with E-state index < -0.39 is 5.97 Å². The maximum Gasteiger partial charge on any atom is 0.331 e. The van der Waals surface area contributed by atoms with Gasteiger partial charge in [0.15, 0.2) is 0 Å². The molecule has 27 heavy (non-hydrogen) atoms. The molecule has 0 heterocycles. The Balaban J connectivity index is 2.13. The topological polar surface area (TPSA) is 57.6 Å². The number of benzene rings is 2. The number of carboxylic acids is 1. The number of aldehydes is 1. The molecule has 0 aromatic heterocycles. The van der Waals surface area contributed by atoms with E-state index in [4.69, 9.17) is 5.11 Å². The zero-order valence-electron chi connectivity index (χ0n) is 15.8. The first-order valence-corrected chi connectivity index (χ1v) is 9.33. The molecule has 4 heteroatoms. The molecular formula is C23H27NO3. The highest BCUT2D eigenvalue weighted by Crippen LogP contribution is 2.16. The molecule has 0 saturated heterocycles. The van der Waals surface area contributed by atoms with Crippen LogP contribution in [0.2, 0.25) is 0 Å². The van der Waals surface area contributed by atoms with Gasteiger partial charge in [-0.25, -0.2) is 4.79 Å². The van der Waals surface area contributed by atoms with Crippen molar-refractivity contribution < 1.29 is 14.7 Å². The summed E-state index contributed by atoms with van der Waals surface area (Å²) in [5.74, 6) is -0.884. The molecule has 0 spiro atoms. The summed E-state index contributed by atoms with van der Waals surface area (Å²) in [4.78, 5) is 25.1. The van der Waals surface area contributed by atoms with Crippen LogP contribution in [-0.2, 0) is 22.7 Å². The SMILES string of the molecule is CCC(=CCC[C@H](C=O)N(Cc1ccccc1)Cc1ccccc1)C(=O)O. The zero-order valence-corrected chi connectivity index (χ0v) is 15.8. The lowest BCUT2D eigenvalue weighted by molar-refractivity contribution is -0.132. The monoisotopic (exact) mass is 365 g/mol. The molecule has 0 bridgehead atoms. The first-order chi connectivity index (χ1) is 13.1. The van der Waals surface area contributed by atoms with Gasteiger partial charge in [0.1, 0.15) is 6.29 Å². The van der Waals surface area contributed by atoms with Gasteiger partial charge in [-0.05, 0) is 30.4 Å². The summed E-state index contributed by atoms with van der Waals surface area (Å²) in [6.45, 7) is 3.17. The number of allylic oxidation sites excluding steroid dienone is 1. The van der Waals surface area contributed by atoms with Crippen LogP contribution in [0.3, 0.4) is 0 Å². The van der Waals surface area contributed by atoms with Crippen LogP contribution in [0.4, 0.5) is 0 Å². The Bertz CT molecular complexity index is 699. The van der Waals surface area contributed by atoms with E-state index in [-0.39, 0.29) is 6.04 Å². The Labute approximate surface area is 161 Å². The lowest BCUT2D eigenvalue weighted by atomic mass is 10.1. The average molecular weight is 365 g/mol. The van der Waals surface area contributed by atoms with Crippen molar-refractivity contribution in [2.75, 3.05) is 0 Å². The molecule has 0 aliphatic heterocycles. The molecule has 0 saturated carbocycles. The Morgan fingerprint density at radius 2 is 1.52 bits per heavy atom.